The number of fused-ring (bicyclic) bond motifs is 2. The highest BCUT2D eigenvalue weighted by atomic mass is 32.1. The molecule has 1 aliphatic rings. The molecule has 0 radical (unpaired) electrons. The van der Waals surface area contributed by atoms with Crippen LogP contribution in [0.3, 0.4) is 0 Å². The van der Waals surface area contributed by atoms with Crippen LogP contribution in [0.4, 0.5) is 11.4 Å². The maximum atomic E-state index is 12.4. The van der Waals surface area contributed by atoms with Crippen molar-refractivity contribution in [1.82, 2.24) is 9.97 Å². The number of aryl methyl sites for hydroxylation is 2. The normalized spacial score (nSPS) is 13.9. The number of nitrogens with one attached hydrogen (secondary N) is 2. The van der Waals surface area contributed by atoms with Crippen LogP contribution in [-0.2, 0) is 6.54 Å². The van der Waals surface area contributed by atoms with Gasteiger partial charge in [-0.2, -0.15) is 0 Å². The lowest BCUT2D eigenvalue weighted by atomic mass is 10.2. The monoisotopic (exact) mass is 326 g/mol. The van der Waals surface area contributed by atoms with Gasteiger partial charge in [0.05, 0.1) is 23.3 Å². The standard InChI is InChI=1S/C17H18N4OS/c1-10-11(2)23-17-15(10)16(22)19-14(20-17)9-21-8-7-18-12-5-3-4-6-13(12)21/h3-6,18H,7-9H2,1-2H3,(H,19,20,22). The van der Waals surface area contributed by atoms with Gasteiger partial charge in [-0.1, -0.05) is 12.1 Å². The molecule has 0 atom stereocenters. The van der Waals surface area contributed by atoms with Crippen molar-refractivity contribution in [2.75, 3.05) is 23.3 Å². The van der Waals surface area contributed by atoms with E-state index in [2.05, 4.69) is 32.3 Å². The Kier molecular flexibility index (Phi) is 3.34. The summed E-state index contributed by atoms with van der Waals surface area (Å²) < 4.78 is 0. The van der Waals surface area contributed by atoms with E-state index in [0.29, 0.717) is 6.54 Å². The van der Waals surface area contributed by atoms with Gasteiger partial charge in [0.1, 0.15) is 10.7 Å². The fourth-order valence-corrected chi connectivity index (χ4v) is 4.11. The third kappa shape index (κ3) is 2.39. The second kappa shape index (κ2) is 5.38. The number of thiophene rings is 1. The van der Waals surface area contributed by atoms with Crippen molar-refractivity contribution in [2.45, 2.75) is 20.4 Å². The molecule has 3 aromatic rings. The van der Waals surface area contributed by atoms with Crippen molar-refractivity contribution < 1.29 is 0 Å². The molecule has 2 N–H and O–H groups in total. The highest BCUT2D eigenvalue weighted by Crippen LogP contribution is 2.30. The number of hydrogen-bond donors (Lipinski definition) is 2. The van der Waals surface area contributed by atoms with Gasteiger partial charge in [0.2, 0.25) is 0 Å². The van der Waals surface area contributed by atoms with Gasteiger partial charge in [-0.3, -0.25) is 4.79 Å². The average molecular weight is 326 g/mol. The van der Waals surface area contributed by atoms with Crippen molar-refractivity contribution in [3.05, 3.63) is 50.9 Å². The largest absolute Gasteiger partial charge is 0.382 e. The van der Waals surface area contributed by atoms with Gasteiger partial charge in [0, 0.05) is 18.0 Å². The molecule has 4 rings (SSSR count). The lowest BCUT2D eigenvalue weighted by Gasteiger charge is -2.31. The third-order valence-electron chi connectivity index (χ3n) is 4.37. The van der Waals surface area contributed by atoms with E-state index in [9.17, 15) is 4.79 Å². The Morgan fingerprint density at radius 3 is 3.00 bits per heavy atom. The van der Waals surface area contributed by atoms with E-state index in [4.69, 9.17) is 0 Å². The summed E-state index contributed by atoms with van der Waals surface area (Å²) in [6.07, 6.45) is 0. The van der Waals surface area contributed by atoms with E-state index >= 15 is 0 Å². The zero-order valence-corrected chi connectivity index (χ0v) is 14.0. The van der Waals surface area contributed by atoms with Crippen LogP contribution < -0.4 is 15.8 Å². The van der Waals surface area contributed by atoms with Crippen LogP contribution in [0.5, 0.6) is 0 Å². The Labute approximate surface area is 138 Å². The Morgan fingerprint density at radius 1 is 1.30 bits per heavy atom. The molecule has 0 unspecified atom stereocenters. The van der Waals surface area contributed by atoms with Crippen molar-refractivity contribution in [3.8, 4) is 0 Å². The predicted molar refractivity (Wildman–Crippen MR) is 95.7 cm³/mol. The predicted octanol–water partition coefficient (Wildman–Crippen LogP) is 3.03. The minimum Gasteiger partial charge on any atom is -0.382 e. The van der Waals surface area contributed by atoms with Crippen molar-refractivity contribution in [3.63, 3.8) is 0 Å². The van der Waals surface area contributed by atoms with Crippen molar-refractivity contribution in [1.29, 1.82) is 0 Å². The number of nitrogens with zero attached hydrogens (tertiary/aromatic N) is 2. The molecule has 3 heterocycles. The van der Waals surface area contributed by atoms with Gasteiger partial charge in [-0.25, -0.2) is 4.98 Å². The van der Waals surface area contributed by atoms with E-state index < -0.39 is 0 Å². The lowest BCUT2D eigenvalue weighted by molar-refractivity contribution is 0.751. The number of hydrogen-bond acceptors (Lipinski definition) is 5. The number of benzene rings is 1. The van der Waals surface area contributed by atoms with Crippen LogP contribution in [0.1, 0.15) is 16.3 Å². The molecule has 23 heavy (non-hydrogen) atoms. The summed E-state index contributed by atoms with van der Waals surface area (Å²) in [7, 11) is 0. The molecule has 0 spiro atoms. The molecule has 1 aliphatic heterocycles. The number of anilines is 2. The molecule has 0 saturated heterocycles. The molecule has 1 aromatic carbocycles. The second-order valence-electron chi connectivity index (χ2n) is 5.84. The summed E-state index contributed by atoms with van der Waals surface area (Å²) in [5.41, 5.74) is 3.29. The molecule has 0 aliphatic carbocycles. The number of H-pyrrole nitrogens is 1. The van der Waals surface area contributed by atoms with Crippen LogP contribution in [0.25, 0.3) is 10.2 Å². The number of aromatic amines is 1. The molecule has 0 bridgehead atoms. The van der Waals surface area contributed by atoms with Gasteiger partial charge in [-0.05, 0) is 31.5 Å². The molecule has 6 heteroatoms. The SMILES string of the molecule is Cc1sc2nc(CN3CCNc4ccccc43)[nH]c(=O)c2c1C. The quantitative estimate of drug-likeness (QED) is 0.760. The Balaban J connectivity index is 1.73. The Hall–Kier alpha value is -2.34. The van der Waals surface area contributed by atoms with Gasteiger partial charge in [0.25, 0.3) is 5.56 Å². The third-order valence-corrected chi connectivity index (χ3v) is 5.47. The zero-order chi connectivity index (χ0) is 16.0. The minimum absolute atomic E-state index is 0.0322. The van der Waals surface area contributed by atoms with Crippen molar-refractivity contribution >= 4 is 32.9 Å². The highest BCUT2D eigenvalue weighted by molar-refractivity contribution is 7.18. The smallest absolute Gasteiger partial charge is 0.259 e. The van der Waals surface area contributed by atoms with Crippen LogP contribution in [-0.4, -0.2) is 23.1 Å². The van der Waals surface area contributed by atoms with Crippen LogP contribution in [0.15, 0.2) is 29.1 Å². The second-order valence-corrected chi connectivity index (χ2v) is 7.04. The van der Waals surface area contributed by atoms with E-state index in [1.54, 1.807) is 11.3 Å². The van der Waals surface area contributed by atoms with E-state index in [-0.39, 0.29) is 5.56 Å². The topological polar surface area (TPSA) is 61.0 Å². The fourth-order valence-electron chi connectivity index (χ4n) is 3.06. The van der Waals surface area contributed by atoms with Gasteiger partial charge >= 0.3 is 0 Å². The van der Waals surface area contributed by atoms with E-state index in [1.807, 2.05) is 26.0 Å². The molecule has 0 fully saturated rings. The summed E-state index contributed by atoms with van der Waals surface area (Å²) in [5.74, 6) is 0.723. The fraction of sp³-hybridized carbons (Fsp3) is 0.294. The maximum Gasteiger partial charge on any atom is 0.259 e. The molecule has 0 amide bonds. The van der Waals surface area contributed by atoms with Crippen LogP contribution >= 0.6 is 11.3 Å². The summed E-state index contributed by atoms with van der Waals surface area (Å²) in [6.45, 7) is 6.41. The number of rotatable bonds is 2. The first-order chi connectivity index (χ1) is 11.1. The summed E-state index contributed by atoms with van der Waals surface area (Å²) in [4.78, 5) is 24.3. The average Bonchev–Trinajstić information content (AvgIpc) is 2.83. The van der Waals surface area contributed by atoms with Gasteiger partial charge in [-0.15, -0.1) is 11.3 Å². The van der Waals surface area contributed by atoms with Gasteiger partial charge < -0.3 is 15.2 Å². The van der Waals surface area contributed by atoms with Gasteiger partial charge in [0.15, 0.2) is 0 Å². The molecule has 118 valence electrons. The zero-order valence-electron chi connectivity index (χ0n) is 13.1. The highest BCUT2D eigenvalue weighted by Gasteiger charge is 2.18. The maximum absolute atomic E-state index is 12.4. The molecular weight excluding hydrogens is 308 g/mol. The Morgan fingerprint density at radius 2 is 2.13 bits per heavy atom. The minimum atomic E-state index is -0.0322. The molecule has 2 aromatic heterocycles. The van der Waals surface area contributed by atoms with Crippen LogP contribution in [0, 0.1) is 13.8 Å². The van der Waals surface area contributed by atoms with E-state index in [0.717, 1.165) is 50.9 Å². The molecule has 5 nitrogen and oxygen atoms in total. The first-order valence-electron chi connectivity index (χ1n) is 7.70. The summed E-state index contributed by atoms with van der Waals surface area (Å²) >= 11 is 1.59. The van der Waals surface area contributed by atoms with E-state index in [1.165, 1.54) is 0 Å². The number of para-hydroxylation sites is 2. The Bertz CT molecular complexity index is 943. The first-order valence-corrected chi connectivity index (χ1v) is 8.52. The number of aromatic nitrogens is 2. The first kappa shape index (κ1) is 14.3. The molecular formula is C17H18N4OS. The summed E-state index contributed by atoms with van der Waals surface area (Å²) in [5, 5.41) is 4.13. The molecule has 0 saturated carbocycles. The van der Waals surface area contributed by atoms with Crippen molar-refractivity contribution in [2.24, 2.45) is 0 Å². The van der Waals surface area contributed by atoms with Crippen LogP contribution in [0.2, 0.25) is 0 Å². The summed E-state index contributed by atoms with van der Waals surface area (Å²) in [6, 6.07) is 8.23. The lowest BCUT2D eigenvalue weighted by Crippen LogP contribution is -2.34.